The third-order valence-corrected chi connectivity index (χ3v) is 5.11. The van der Waals surface area contributed by atoms with Crippen molar-refractivity contribution in [1.82, 2.24) is 9.97 Å². The highest BCUT2D eigenvalue weighted by Crippen LogP contribution is 2.29. The standard InChI is InChI=1S/C24H23N3O4/c1-13(2)12-30-20-10-9-16-14(3)17(23(29)31-22(16)15(20)4)11-21(28)27-24-25-18-7-5-6-8-19(18)26-24/h5-10H,1,11-12H2,2-4H3,(H2,25,26,27,28). The lowest BCUT2D eigenvalue weighted by Gasteiger charge is -2.13. The van der Waals surface area contributed by atoms with Crippen molar-refractivity contribution in [2.45, 2.75) is 27.2 Å². The fourth-order valence-corrected chi connectivity index (χ4v) is 3.48. The number of anilines is 1. The Morgan fingerprint density at radius 3 is 2.71 bits per heavy atom. The van der Waals surface area contributed by atoms with Gasteiger partial charge in [-0.15, -0.1) is 0 Å². The molecule has 0 aliphatic carbocycles. The second-order valence-corrected chi connectivity index (χ2v) is 7.63. The number of nitrogens with zero attached hydrogens (tertiary/aromatic N) is 1. The normalized spacial score (nSPS) is 11.1. The number of aromatic amines is 1. The van der Waals surface area contributed by atoms with Crippen LogP contribution in [0.25, 0.3) is 22.0 Å². The van der Waals surface area contributed by atoms with E-state index < -0.39 is 5.63 Å². The Kier molecular flexibility index (Phi) is 5.33. The van der Waals surface area contributed by atoms with Crippen molar-refractivity contribution in [2.24, 2.45) is 0 Å². The van der Waals surface area contributed by atoms with E-state index in [9.17, 15) is 9.59 Å². The van der Waals surface area contributed by atoms with Crippen LogP contribution in [0.3, 0.4) is 0 Å². The van der Waals surface area contributed by atoms with E-state index in [4.69, 9.17) is 9.15 Å². The van der Waals surface area contributed by atoms with Crippen LogP contribution >= 0.6 is 0 Å². The summed E-state index contributed by atoms with van der Waals surface area (Å²) in [6, 6.07) is 11.2. The van der Waals surface area contributed by atoms with E-state index >= 15 is 0 Å². The highest BCUT2D eigenvalue weighted by Gasteiger charge is 2.18. The monoisotopic (exact) mass is 417 g/mol. The van der Waals surface area contributed by atoms with Crippen molar-refractivity contribution < 1.29 is 13.9 Å². The molecule has 2 N–H and O–H groups in total. The summed E-state index contributed by atoms with van der Waals surface area (Å²) in [5, 5.41) is 3.49. The minimum atomic E-state index is -0.537. The van der Waals surface area contributed by atoms with Crippen LogP contribution in [0.2, 0.25) is 0 Å². The van der Waals surface area contributed by atoms with Crippen LogP contribution < -0.4 is 15.7 Å². The molecule has 0 aliphatic heterocycles. The van der Waals surface area contributed by atoms with Gasteiger partial charge in [0.05, 0.1) is 23.0 Å². The number of carbonyl (C=O) groups excluding carboxylic acids is 1. The zero-order valence-electron chi connectivity index (χ0n) is 17.7. The predicted octanol–water partition coefficient (Wildman–Crippen LogP) is 4.42. The molecule has 0 bridgehead atoms. The third kappa shape index (κ3) is 4.07. The van der Waals surface area contributed by atoms with Gasteiger partial charge in [0.15, 0.2) is 0 Å². The van der Waals surface area contributed by atoms with E-state index in [1.54, 1.807) is 0 Å². The zero-order chi connectivity index (χ0) is 22.1. The molecule has 2 aromatic carbocycles. The highest BCUT2D eigenvalue weighted by atomic mass is 16.5. The van der Waals surface area contributed by atoms with Gasteiger partial charge in [-0.05, 0) is 56.2 Å². The van der Waals surface area contributed by atoms with Crippen molar-refractivity contribution >= 4 is 33.9 Å². The number of ether oxygens (including phenoxy) is 1. The van der Waals surface area contributed by atoms with Crippen LogP contribution in [0, 0.1) is 13.8 Å². The lowest BCUT2D eigenvalue weighted by Crippen LogP contribution is -2.21. The highest BCUT2D eigenvalue weighted by molar-refractivity contribution is 5.94. The molecule has 31 heavy (non-hydrogen) atoms. The number of carbonyl (C=O) groups is 1. The van der Waals surface area contributed by atoms with Crippen molar-refractivity contribution in [2.75, 3.05) is 11.9 Å². The minimum absolute atomic E-state index is 0.117. The van der Waals surface area contributed by atoms with E-state index in [1.807, 2.05) is 57.2 Å². The number of imidazole rings is 1. The summed E-state index contributed by atoms with van der Waals surface area (Å²) in [6.07, 6.45) is -0.117. The first-order chi connectivity index (χ1) is 14.8. The van der Waals surface area contributed by atoms with Crippen molar-refractivity contribution in [3.63, 3.8) is 0 Å². The Bertz CT molecular complexity index is 1350. The largest absolute Gasteiger partial charge is 0.489 e. The fourth-order valence-electron chi connectivity index (χ4n) is 3.48. The molecule has 0 radical (unpaired) electrons. The van der Waals surface area contributed by atoms with Crippen LogP contribution in [-0.4, -0.2) is 22.5 Å². The van der Waals surface area contributed by atoms with E-state index in [1.165, 1.54) is 0 Å². The van der Waals surface area contributed by atoms with E-state index in [0.717, 1.165) is 27.6 Å². The molecule has 0 saturated heterocycles. The number of aryl methyl sites for hydroxylation is 2. The maximum absolute atomic E-state index is 12.7. The maximum atomic E-state index is 12.7. The van der Waals surface area contributed by atoms with Gasteiger partial charge in [-0.1, -0.05) is 18.7 Å². The summed E-state index contributed by atoms with van der Waals surface area (Å²) in [7, 11) is 0. The van der Waals surface area contributed by atoms with E-state index in [2.05, 4.69) is 21.9 Å². The molecule has 0 fully saturated rings. The summed E-state index contributed by atoms with van der Waals surface area (Å²) in [6.45, 7) is 9.75. The molecule has 0 atom stereocenters. The summed E-state index contributed by atoms with van der Waals surface area (Å²) < 4.78 is 11.3. The number of nitrogens with one attached hydrogen (secondary N) is 2. The molecule has 2 aromatic heterocycles. The van der Waals surface area contributed by atoms with Crippen molar-refractivity contribution in [3.05, 3.63) is 75.7 Å². The molecule has 0 aliphatic rings. The molecule has 2 heterocycles. The van der Waals surface area contributed by atoms with Crippen LogP contribution in [0.15, 0.2) is 57.8 Å². The molecule has 1 amide bonds. The van der Waals surface area contributed by atoms with E-state index in [-0.39, 0.29) is 12.3 Å². The minimum Gasteiger partial charge on any atom is -0.489 e. The maximum Gasteiger partial charge on any atom is 0.340 e. The van der Waals surface area contributed by atoms with E-state index in [0.29, 0.717) is 35.0 Å². The number of rotatable bonds is 6. The number of H-pyrrole nitrogens is 1. The van der Waals surface area contributed by atoms with Gasteiger partial charge in [0.25, 0.3) is 0 Å². The molecule has 4 rings (SSSR count). The Balaban J connectivity index is 1.61. The Morgan fingerprint density at radius 1 is 1.19 bits per heavy atom. The molecule has 158 valence electrons. The lowest BCUT2D eigenvalue weighted by atomic mass is 10.0. The molecule has 0 saturated carbocycles. The first kappa shape index (κ1) is 20.4. The molecule has 0 unspecified atom stereocenters. The molecular weight excluding hydrogens is 394 g/mol. The summed E-state index contributed by atoms with van der Waals surface area (Å²) in [5.41, 5.74) is 4.14. The molecule has 4 aromatic rings. The van der Waals surface area contributed by atoms with Gasteiger partial charge < -0.3 is 14.1 Å². The van der Waals surface area contributed by atoms with Crippen LogP contribution in [0.5, 0.6) is 5.75 Å². The first-order valence-electron chi connectivity index (χ1n) is 9.91. The topological polar surface area (TPSA) is 97.2 Å². The fraction of sp³-hybridized carbons (Fsp3) is 0.208. The van der Waals surface area contributed by atoms with Gasteiger partial charge in [0.2, 0.25) is 11.9 Å². The number of fused-ring (bicyclic) bond motifs is 2. The summed E-state index contributed by atoms with van der Waals surface area (Å²) >= 11 is 0. The average molecular weight is 417 g/mol. The van der Waals surface area contributed by atoms with Crippen LogP contribution in [0.4, 0.5) is 5.95 Å². The van der Waals surface area contributed by atoms with Crippen LogP contribution in [-0.2, 0) is 11.2 Å². The summed E-state index contributed by atoms with van der Waals surface area (Å²) in [4.78, 5) is 32.6. The lowest BCUT2D eigenvalue weighted by molar-refractivity contribution is -0.115. The number of benzene rings is 2. The van der Waals surface area contributed by atoms with Gasteiger partial charge in [-0.3, -0.25) is 10.1 Å². The van der Waals surface area contributed by atoms with Gasteiger partial charge in [0, 0.05) is 10.9 Å². The average Bonchev–Trinajstić information content (AvgIpc) is 3.13. The summed E-state index contributed by atoms with van der Waals surface area (Å²) in [5.74, 6) is 0.615. The van der Waals surface area contributed by atoms with Crippen molar-refractivity contribution in [3.8, 4) is 5.75 Å². The zero-order valence-corrected chi connectivity index (χ0v) is 17.7. The van der Waals surface area contributed by atoms with Crippen molar-refractivity contribution in [1.29, 1.82) is 0 Å². The first-order valence-corrected chi connectivity index (χ1v) is 9.91. The quantitative estimate of drug-likeness (QED) is 0.357. The third-order valence-electron chi connectivity index (χ3n) is 5.11. The Hall–Kier alpha value is -3.87. The number of amides is 1. The molecule has 7 nitrogen and oxygen atoms in total. The molecule has 0 spiro atoms. The molecular formula is C24H23N3O4. The second-order valence-electron chi connectivity index (χ2n) is 7.63. The van der Waals surface area contributed by atoms with Gasteiger partial charge in [0.1, 0.15) is 17.9 Å². The van der Waals surface area contributed by atoms with Gasteiger partial charge in [-0.2, -0.15) is 0 Å². The predicted molar refractivity (Wildman–Crippen MR) is 121 cm³/mol. The SMILES string of the molecule is C=C(C)COc1ccc2c(C)c(CC(=O)Nc3nc4ccccc4[nH]3)c(=O)oc2c1C. The Morgan fingerprint density at radius 2 is 1.97 bits per heavy atom. The number of hydrogen-bond acceptors (Lipinski definition) is 5. The van der Waals surface area contributed by atoms with Gasteiger partial charge in [-0.25, -0.2) is 9.78 Å². The number of para-hydroxylation sites is 2. The number of aromatic nitrogens is 2. The Labute approximate surface area is 178 Å². The number of hydrogen-bond donors (Lipinski definition) is 2. The smallest absolute Gasteiger partial charge is 0.340 e. The molecule has 7 heteroatoms. The van der Waals surface area contributed by atoms with Crippen LogP contribution in [0.1, 0.15) is 23.6 Å². The second kappa shape index (κ2) is 8.10. The van der Waals surface area contributed by atoms with Gasteiger partial charge >= 0.3 is 5.63 Å².